The summed E-state index contributed by atoms with van der Waals surface area (Å²) in [5.74, 6) is 0. The van der Waals surface area contributed by atoms with Gasteiger partial charge in [0.05, 0.1) is 22.5 Å². The molecule has 0 radical (unpaired) electrons. The van der Waals surface area contributed by atoms with Crippen molar-refractivity contribution in [2.75, 3.05) is 0 Å². The van der Waals surface area contributed by atoms with Gasteiger partial charge in [0.15, 0.2) is 5.58 Å². The van der Waals surface area contributed by atoms with E-state index in [1.807, 2.05) is 24.3 Å². The minimum absolute atomic E-state index is 0.364. The summed E-state index contributed by atoms with van der Waals surface area (Å²) in [6, 6.07) is 14.7. The van der Waals surface area contributed by atoms with Crippen LogP contribution in [0.3, 0.4) is 0 Å². The molecule has 0 aliphatic carbocycles. The molecule has 0 fully saturated rings. The number of aromatic nitrogens is 1. The van der Waals surface area contributed by atoms with Gasteiger partial charge in [-0.25, -0.2) is 4.79 Å². The molecular weight excluding hydrogens is 252 g/mol. The zero-order valence-electron chi connectivity index (χ0n) is 10.3. The molecule has 94 valence electrons. The maximum atomic E-state index is 12.0. The number of rotatable bonds is 0. The number of aromatic amines is 1. The molecule has 0 amide bonds. The molecule has 20 heavy (non-hydrogen) atoms. The normalized spacial score (nSPS) is 11.2. The molecule has 0 saturated heterocycles. The van der Waals surface area contributed by atoms with Gasteiger partial charge in [-0.15, -0.1) is 0 Å². The molecular formula is C16H8N2O2. The molecule has 0 unspecified atom stereocenters. The number of nitrogens with one attached hydrogen (secondary N) is 1. The molecule has 0 atom stereocenters. The Morgan fingerprint density at radius 1 is 1.05 bits per heavy atom. The smallest absolute Gasteiger partial charge is 0.344 e. The highest BCUT2D eigenvalue weighted by Gasteiger charge is 2.12. The average Bonchev–Trinajstić information content (AvgIpc) is 2.85. The van der Waals surface area contributed by atoms with Crippen molar-refractivity contribution in [1.82, 2.24) is 4.98 Å². The van der Waals surface area contributed by atoms with Crippen molar-refractivity contribution in [1.29, 1.82) is 5.26 Å². The Morgan fingerprint density at radius 3 is 2.65 bits per heavy atom. The van der Waals surface area contributed by atoms with Crippen molar-refractivity contribution < 1.29 is 4.42 Å². The SMILES string of the molecule is N#Cc1ccc2[nH]c3c4ccccc4c(=O)oc3c2c1. The van der Waals surface area contributed by atoms with Crippen molar-refractivity contribution in [3.05, 3.63) is 58.4 Å². The van der Waals surface area contributed by atoms with E-state index < -0.39 is 0 Å². The molecule has 4 heteroatoms. The number of hydrogen-bond donors (Lipinski definition) is 1. The van der Waals surface area contributed by atoms with Crippen LogP contribution in [0.15, 0.2) is 51.7 Å². The second-order valence-corrected chi connectivity index (χ2v) is 4.64. The predicted octanol–water partition coefficient (Wildman–Crippen LogP) is 3.30. The van der Waals surface area contributed by atoms with E-state index in [9.17, 15) is 4.79 Å². The maximum Gasteiger partial charge on any atom is 0.344 e. The van der Waals surface area contributed by atoms with Crippen LogP contribution in [0.4, 0.5) is 0 Å². The average molecular weight is 260 g/mol. The van der Waals surface area contributed by atoms with E-state index >= 15 is 0 Å². The second-order valence-electron chi connectivity index (χ2n) is 4.64. The van der Waals surface area contributed by atoms with E-state index in [-0.39, 0.29) is 5.63 Å². The van der Waals surface area contributed by atoms with E-state index in [0.29, 0.717) is 16.5 Å². The van der Waals surface area contributed by atoms with Gasteiger partial charge in [0.1, 0.15) is 0 Å². The largest absolute Gasteiger partial charge is 0.420 e. The van der Waals surface area contributed by atoms with Crippen LogP contribution in [0.25, 0.3) is 32.8 Å². The first-order chi connectivity index (χ1) is 9.78. The summed E-state index contributed by atoms with van der Waals surface area (Å²) in [7, 11) is 0. The summed E-state index contributed by atoms with van der Waals surface area (Å²) < 4.78 is 5.43. The third-order valence-electron chi connectivity index (χ3n) is 3.49. The Kier molecular flexibility index (Phi) is 2.01. The van der Waals surface area contributed by atoms with Crippen molar-refractivity contribution >= 4 is 32.8 Å². The van der Waals surface area contributed by atoms with E-state index in [4.69, 9.17) is 9.68 Å². The Balaban J connectivity index is 2.32. The first-order valence-corrected chi connectivity index (χ1v) is 6.15. The molecule has 4 rings (SSSR count). The quantitative estimate of drug-likeness (QED) is 0.527. The molecule has 2 aromatic heterocycles. The molecule has 0 aliphatic rings. The van der Waals surface area contributed by atoms with E-state index in [2.05, 4.69) is 11.1 Å². The minimum Gasteiger partial charge on any atom is -0.420 e. The highest BCUT2D eigenvalue weighted by Crippen LogP contribution is 2.29. The summed E-state index contributed by atoms with van der Waals surface area (Å²) in [4.78, 5) is 15.3. The molecule has 4 aromatic rings. The lowest BCUT2D eigenvalue weighted by atomic mass is 10.1. The lowest BCUT2D eigenvalue weighted by Gasteiger charge is -1.97. The van der Waals surface area contributed by atoms with Crippen LogP contribution < -0.4 is 5.63 Å². The van der Waals surface area contributed by atoms with Crippen molar-refractivity contribution in [2.45, 2.75) is 0 Å². The Bertz CT molecular complexity index is 1080. The third kappa shape index (κ3) is 1.32. The highest BCUT2D eigenvalue weighted by molar-refractivity contribution is 6.13. The molecule has 2 aromatic carbocycles. The summed E-state index contributed by atoms with van der Waals surface area (Å²) in [5.41, 5.74) is 2.30. The van der Waals surface area contributed by atoms with Gasteiger partial charge < -0.3 is 9.40 Å². The molecule has 0 saturated carbocycles. The summed E-state index contributed by atoms with van der Waals surface area (Å²) in [6.45, 7) is 0. The van der Waals surface area contributed by atoms with Crippen molar-refractivity contribution in [3.63, 3.8) is 0 Å². The standard InChI is InChI=1S/C16H8N2O2/c17-8-9-5-6-13-12(7-9)15-14(18-13)10-3-1-2-4-11(10)16(19)20-15/h1-7,18H. The lowest BCUT2D eigenvalue weighted by Crippen LogP contribution is -1.98. The Labute approximate surface area is 112 Å². The number of nitriles is 1. The van der Waals surface area contributed by atoms with Crippen LogP contribution in [0.2, 0.25) is 0 Å². The summed E-state index contributed by atoms with van der Waals surface area (Å²) in [5, 5.41) is 11.1. The fourth-order valence-corrected chi connectivity index (χ4v) is 2.56. The summed E-state index contributed by atoms with van der Waals surface area (Å²) in [6.07, 6.45) is 0. The van der Waals surface area contributed by atoms with Crippen LogP contribution in [0.1, 0.15) is 5.56 Å². The van der Waals surface area contributed by atoms with Crippen LogP contribution in [0.5, 0.6) is 0 Å². The summed E-state index contributed by atoms with van der Waals surface area (Å²) >= 11 is 0. The van der Waals surface area contributed by atoms with E-state index in [0.717, 1.165) is 21.8 Å². The molecule has 4 nitrogen and oxygen atoms in total. The highest BCUT2D eigenvalue weighted by atomic mass is 16.4. The molecule has 0 aliphatic heterocycles. The Hall–Kier alpha value is -3.06. The first kappa shape index (κ1) is 10.8. The van der Waals surface area contributed by atoms with Gasteiger partial charge in [0, 0.05) is 16.3 Å². The molecule has 2 heterocycles. The number of benzene rings is 2. The van der Waals surface area contributed by atoms with Gasteiger partial charge in [-0.05, 0) is 24.3 Å². The fraction of sp³-hybridized carbons (Fsp3) is 0. The zero-order chi connectivity index (χ0) is 13.7. The molecule has 0 spiro atoms. The van der Waals surface area contributed by atoms with Gasteiger partial charge in [0.25, 0.3) is 0 Å². The number of fused-ring (bicyclic) bond motifs is 5. The molecule has 0 bridgehead atoms. The number of nitrogens with zero attached hydrogens (tertiary/aromatic N) is 1. The predicted molar refractivity (Wildman–Crippen MR) is 76.6 cm³/mol. The maximum absolute atomic E-state index is 12.0. The second kappa shape index (κ2) is 3.72. The van der Waals surface area contributed by atoms with Crippen LogP contribution >= 0.6 is 0 Å². The Morgan fingerprint density at radius 2 is 1.85 bits per heavy atom. The topological polar surface area (TPSA) is 69.8 Å². The number of H-pyrrole nitrogens is 1. The van der Waals surface area contributed by atoms with Crippen molar-refractivity contribution in [3.8, 4) is 6.07 Å². The van der Waals surface area contributed by atoms with Crippen LogP contribution in [-0.2, 0) is 0 Å². The molecule has 1 N–H and O–H groups in total. The van der Waals surface area contributed by atoms with Gasteiger partial charge in [0.2, 0.25) is 0 Å². The zero-order valence-corrected chi connectivity index (χ0v) is 10.3. The van der Waals surface area contributed by atoms with Crippen molar-refractivity contribution in [2.24, 2.45) is 0 Å². The van der Waals surface area contributed by atoms with Gasteiger partial charge >= 0.3 is 5.63 Å². The van der Waals surface area contributed by atoms with Gasteiger partial charge in [-0.3, -0.25) is 0 Å². The fourth-order valence-electron chi connectivity index (χ4n) is 2.56. The van der Waals surface area contributed by atoms with Gasteiger partial charge in [-0.1, -0.05) is 18.2 Å². The van der Waals surface area contributed by atoms with Gasteiger partial charge in [-0.2, -0.15) is 5.26 Å². The van der Waals surface area contributed by atoms with E-state index in [1.54, 1.807) is 18.2 Å². The first-order valence-electron chi connectivity index (χ1n) is 6.15. The monoisotopic (exact) mass is 260 g/mol. The van der Waals surface area contributed by atoms with Crippen LogP contribution in [-0.4, -0.2) is 4.98 Å². The minimum atomic E-state index is -0.364. The number of hydrogen-bond acceptors (Lipinski definition) is 3. The third-order valence-corrected chi connectivity index (χ3v) is 3.49. The van der Waals surface area contributed by atoms with E-state index in [1.165, 1.54) is 0 Å². The van der Waals surface area contributed by atoms with Crippen LogP contribution in [0, 0.1) is 11.3 Å². The lowest BCUT2D eigenvalue weighted by molar-refractivity contribution is 0.573.